The Morgan fingerprint density at radius 1 is 1.14 bits per heavy atom. The zero-order chi connectivity index (χ0) is 14.8. The molecule has 0 saturated heterocycles. The molecule has 0 unspecified atom stereocenters. The quantitative estimate of drug-likeness (QED) is 0.755. The zero-order valence-electron chi connectivity index (χ0n) is 11.5. The van der Waals surface area contributed by atoms with Crippen LogP contribution in [0.25, 0.3) is 11.4 Å². The molecule has 3 rings (SSSR count). The number of nitrogens with two attached hydrogens (primary N) is 1. The maximum absolute atomic E-state index is 6.26. The molecule has 106 valence electrons. The van der Waals surface area contributed by atoms with Crippen molar-refractivity contribution in [2.24, 2.45) is 0 Å². The molecule has 0 aliphatic rings. The third-order valence-electron chi connectivity index (χ3n) is 3.38. The van der Waals surface area contributed by atoms with Gasteiger partial charge in [0.2, 0.25) is 0 Å². The molecule has 0 aliphatic heterocycles. The number of aromatic nitrogens is 4. The molecule has 0 fully saturated rings. The van der Waals surface area contributed by atoms with E-state index in [4.69, 9.17) is 17.3 Å². The molecule has 0 saturated carbocycles. The molecule has 5 nitrogen and oxygen atoms in total. The summed E-state index contributed by atoms with van der Waals surface area (Å²) < 4.78 is 1.73. The van der Waals surface area contributed by atoms with Crippen molar-refractivity contribution in [2.75, 3.05) is 5.73 Å². The maximum Gasteiger partial charge on any atom is 0.183 e. The molecule has 21 heavy (non-hydrogen) atoms. The smallest absolute Gasteiger partial charge is 0.183 e. The van der Waals surface area contributed by atoms with Crippen molar-refractivity contribution < 1.29 is 0 Å². The number of halogens is 1. The molecule has 1 aromatic heterocycles. The molecule has 0 spiro atoms. The lowest BCUT2D eigenvalue weighted by molar-refractivity contribution is 0.651. The van der Waals surface area contributed by atoms with Crippen molar-refractivity contribution in [3.63, 3.8) is 0 Å². The second-order valence-corrected chi connectivity index (χ2v) is 5.17. The number of tetrazole rings is 1. The molecule has 2 N–H and O–H groups in total. The number of benzene rings is 2. The molecule has 6 heteroatoms. The van der Waals surface area contributed by atoms with E-state index in [1.807, 2.05) is 24.3 Å². The standard InChI is InChI=1S/C15H14ClN5/c1-10-5-2-3-6-11(10)9-21-15(18-19-20-21)12-7-4-8-13(17)14(12)16/h2-8H,9,17H2,1H3. The van der Waals surface area contributed by atoms with Crippen LogP contribution in [0.5, 0.6) is 0 Å². The summed E-state index contributed by atoms with van der Waals surface area (Å²) in [6.45, 7) is 2.65. The van der Waals surface area contributed by atoms with Crippen LogP contribution in [0.1, 0.15) is 11.1 Å². The van der Waals surface area contributed by atoms with Gasteiger partial charge in [0.15, 0.2) is 5.82 Å². The lowest BCUT2D eigenvalue weighted by Crippen LogP contribution is -2.06. The molecule has 3 aromatic rings. The number of aryl methyl sites for hydroxylation is 1. The summed E-state index contributed by atoms with van der Waals surface area (Å²) in [5, 5.41) is 12.4. The molecule has 0 aliphatic carbocycles. The number of nitrogen functional groups attached to an aromatic ring is 1. The van der Waals surface area contributed by atoms with Gasteiger partial charge in [-0.25, -0.2) is 4.68 Å². The monoisotopic (exact) mass is 299 g/mol. The van der Waals surface area contributed by atoms with Gasteiger partial charge in [0.1, 0.15) is 0 Å². The van der Waals surface area contributed by atoms with Crippen molar-refractivity contribution in [1.29, 1.82) is 0 Å². The summed E-state index contributed by atoms with van der Waals surface area (Å²) in [5.74, 6) is 0.607. The van der Waals surface area contributed by atoms with Gasteiger partial charge in [-0.15, -0.1) is 5.10 Å². The Kier molecular flexibility index (Phi) is 3.58. The second kappa shape index (κ2) is 5.54. The van der Waals surface area contributed by atoms with E-state index in [2.05, 4.69) is 34.6 Å². The van der Waals surface area contributed by atoms with Gasteiger partial charge in [0, 0.05) is 5.56 Å². The minimum Gasteiger partial charge on any atom is -0.398 e. The van der Waals surface area contributed by atoms with E-state index in [0.717, 1.165) is 11.1 Å². The van der Waals surface area contributed by atoms with Gasteiger partial charge in [-0.3, -0.25) is 0 Å². The lowest BCUT2D eigenvalue weighted by atomic mass is 10.1. The SMILES string of the molecule is Cc1ccccc1Cn1nnnc1-c1cccc(N)c1Cl. The number of hydrogen-bond acceptors (Lipinski definition) is 4. The summed E-state index contributed by atoms with van der Waals surface area (Å²) in [6, 6.07) is 13.6. The first-order valence-corrected chi connectivity index (χ1v) is 6.89. The molecular formula is C15H14ClN5. The minimum atomic E-state index is 0.471. The Labute approximate surface area is 127 Å². The van der Waals surface area contributed by atoms with Gasteiger partial charge in [0.25, 0.3) is 0 Å². The van der Waals surface area contributed by atoms with Crippen LogP contribution in [0.15, 0.2) is 42.5 Å². The van der Waals surface area contributed by atoms with E-state index in [9.17, 15) is 0 Å². The molecule has 0 radical (unpaired) electrons. The highest BCUT2D eigenvalue weighted by Gasteiger charge is 2.14. The van der Waals surface area contributed by atoms with Gasteiger partial charge >= 0.3 is 0 Å². The van der Waals surface area contributed by atoms with Crippen LogP contribution in [0.2, 0.25) is 5.02 Å². The van der Waals surface area contributed by atoms with Gasteiger partial charge in [0.05, 0.1) is 17.3 Å². The summed E-state index contributed by atoms with van der Waals surface area (Å²) in [7, 11) is 0. The number of rotatable bonds is 3. The summed E-state index contributed by atoms with van der Waals surface area (Å²) >= 11 is 6.26. The maximum atomic E-state index is 6.26. The highest BCUT2D eigenvalue weighted by Crippen LogP contribution is 2.30. The van der Waals surface area contributed by atoms with Crippen molar-refractivity contribution in [3.8, 4) is 11.4 Å². The van der Waals surface area contributed by atoms with Crippen LogP contribution in [0, 0.1) is 6.92 Å². The van der Waals surface area contributed by atoms with Crippen LogP contribution in [0.4, 0.5) is 5.69 Å². The fraction of sp³-hybridized carbons (Fsp3) is 0.133. The zero-order valence-corrected chi connectivity index (χ0v) is 12.2. The number of anilines is 1. The Bertz CT molecular complexity index is 781. The molecule has 0 amide bonds. The van der Waals surface area contributed by atoms with Crippen molar-refractivity contribution in [1.82, 2.24) is 20.2 Å². The fourth-order valence-electron chi connectivity index (χ4n) is 2.18. The van der Waals surface area contributed by atoms with Crippen LogP contribution < -0.4 is 5.73 Å². The topological polar surface area (TPSA) is 69.6 Å². The molecule has 1 heterocycles. The molecule has 0 bridgehead atoms. The highest BCUT2D eigenvalue weighted by molar-refractivity contribution is 6.35. The molecule has 2 aromatic carbocycles. The van der Waals surface area contributed by atoms with Crippen molar-refractivity contribution in [2.45, 2.75) is 13.5 Å². The third kappa shape index (κ3) is 2.60. The largest absolute Gasteiger partial charge is 0.398 e. The lowest BCUT2D eigenvalue weighted by Gasteiger charge is -2.09. The molecule has 0 atom stereocenters. The fourth-order valence-corrected chi connectivity index (χ4v) is 2.39. The van der Waals surface area contributed by atoms with E-state index < -0.39 is 0 Å². The van der Waals surface area contributed by atoms with E-state index >= 15 is 0 Å². The Morgan fingerprint density at radius 3 is 2.76 bits per heavy atom. The number of hydrogen-bond donors (Lipinski definition) is 1. The van der Waals surface area contributed by atoms with Gasteiger partial charge in [-0.1, -0.05) is 41.9 Å². The Balaban J connectivity index is 2.02. The first kappa shape index (κ1) is 13.6. The van der Waals surface area contributed by atoms with E-state index in [1.165, 1.54) is 5.56 Å². The average Bonchev–Trinajstić information content (AvgIpc) is 2.92. The summed E-state index contributed by atoms with van der Waals surface area (Å²) in [6.07, 6.45) is 0. The van der Waals surface area contributed by atoms with Crippen molar-refractivity contribution in [3.05, 3.63) is 58.6 Å². The Morgan fingerprint density at radius 2 is 1.95 bits per heavy atom. The molecular weight excluding hydrogens is 286 g/mol. The highest BCUT2D eigenvalue weighted by atomic mass is 35.5. The first-order chi connectivity index (χ1) is 10.2. The van der Waals surface area contributed by atoms with Crippen LogP contribution in [-0.2, 0) is 6.54 Å². The van der Waals surface area contributed by atoms with Gasteiger partial charge in [-0.05, 0) is 40.6 Å². The third-order valence-corrected chi connectivity index (χ3v) is 3.80. The normalized spacial score (nSPS) is 10.8. The van der Waals surface area contributed by atoms with Crippen molar-refractivity contribution >= 4 is 17.3 Å². The van der Waals surface area contributed by atoms with E-state index in [0.29, 0.717) is 23.1 Å². The van der Waals surface area contributed by atoms with Crippen LogP contribution in [-0.4, -0.2) is 20.2 Å². The predicted molar refractivity (Wildman–Crippen MR) is 83.0 cm³/mol. The predicted octanol–water partition coefficient (Wildman–Crippen LogP) is 2.93. The van der Waals surface area contributed by atoms with Crippen LogP contribution in [0.3, 0.4) is 0 Å². The van der Waals surface area contributed by atoms with Gasteiger partial charge < -0.3 is 5.73 Å². The minimum absolute atomic E-state index is 0.471. The number of nitrogens with zero attached hydrogens (tertiary/aromatic N) is 4. The van der Waals surface area contributed by atoms with E-state index in [1.54, 1.807) is 10.7 Å². The average molecular weight is 300 g/mol. The second-order valence-electron chi connectivity index (χ2n) is 4.80. The van der Waals surface area contributed by atoms with Crippen LogP contribution >= 0.6 is 11.6 Å². The Hall–Kier alpha value is -2.40. The van der Waals surface area contributed by atoms with Gasteiger partial charge in [-0.2, -0.15) is 0 Å². The van der Waals surface area contributed by atoms with E-state index in [-0.39, 0.29) is 0 Å². The summed E-state index contributed by atoms with van der Waals surface area (Å²) in [4.78, 5) is 0. The first-order valence-electron chi connectivity index (χ1n) is 6.52. The summed E-state index contributed by atoms with van der Waals surface area (Å²) in [5.41, 5.74) is 9.44.